The zero-order chi connectivity index (χ0) is 14.5. The number of ketones is 2. The molecule has 2 aliphatic rings. The molecule has 2 aliphatic carbocycles. The van der Waals surface area contributed by atoms with Crippen molar-refractivity contribution in [1.82, 2.24) is 0 Å². The lowest BCUT2D eigenvalue weighted by atomic mass is 9.75. The van der Waals surface area contributed by atoms with Gasteiger partial charge in [-0.3, -0.25) is 9.59 Å². The first-order valence-electron chi connectivity index (χ1n) is 6.10. The molecule has 0 saturated carbocycles. The molecule has 3 N–H and O–H groups in total. The van der Waals surface area contributed by atoms with E-state index in [0.717, 1.165) is 12.2 Å². The number of carbonyl (C=O) groups is 2. The molecule has 0 aliphatic heterocycles. The second kappa shape index (κ2) is 3.96. The van der Waals surface area contributed by atoms with Crippen LogP contribution in [0.15, 0.2) is 48.6 Å². The number of aliphatic hydroxyl groups is 3. The molecule has 5 nitrogen and oxygen atoms in total. The van der Waals surface area contributed by atoms with Crippen molar-refractivity contribution >= 4 is 11.6 Å². The third-order valence-corrected chi connectivity index (χ3v) is 3.80. The summed E-state index contributed by atoms with van der Waals surface area (Å²) >= 11 is 0. The Hall–Kier alpha value is -2.08. The van der Waals surface area contributed by atoms with Crippen molar-refractivity contribution in [2.45, 2.75) is 11.4 Å². The summed E-state index contributed by atoms with van der Waals surface area (Å²) in [5.74, 6) is -5.46. The van der Waals surface area contributed by atoms with Crippen molar-refractivity contribution in [2.75, 3.05) is 0 Å². The largest absolute Gasteiger partial charge is 0.378 e. The summed E-state index contributed by atoms with van der Waals surface area (Å²) in [6.45, 7) is 0. The topological polar surface area (TPSA) is 94.8 Å². The molecule has 0 bridgehead atoms. The first-order valence-corrected chi connectivity index (χ1v) is 6.10. The van der Waals surface area contributed by atoms with Gasteiger partial charge < -0.3 is 15.3 Å². The summed E-state index contributed by atoms with van der Waals surface area (Å²) < 4.78 is 0. The zero-order valence-electron chi connectivity index (χ0n) is 10.4. The smallest absolute Gasteiger partial charge is 0.217 e. The van der Waals surface area contributed by atoms with Gasteiger partial charge in [-0.25, -0.2) is 0 Å². The lowest BCUT2D eigenvalue weighted by molar-refractivity contribution is -0.231. The van der Waals surface area contributed by atoms with E-state index >= 15 is 0 Å². The van der Waals surface area contributed by atoms with Crippen LogP contribution in [0.1, 0.15) is 20.7 Å². The molecule has 0 aromatic heterocycles. The predicted molar refractivity (Wildman–Crippen MR) is 69.0 cm³/mol. The maximum Gasteiger partial charge on any atom is 0.217 e. The van der Waals surface area contributed by atoms with Crippen LogP contribution in [-0.2, 0) is 0 Å². The molecule has 20 heavy (non-hydrogen) atoms. The fourth-order valence-corrected chi connectivity index (χ4v) is 2.70. The van der Waals surface area contributed by atoms with Crippen LogP contribution in [0.25, 0.3) is 0 Å². The Kier molecular flexibility index (Phi) is 2.56. The highest BCUT2D eigenvalue weighted by molar-refractivity contribution is 6.27. The van der Waals surface area contributed by atoms with Crippen LogP contribution < -0.4 is 0 Å². The number of allylic oxidation sites excluding steroid dienone is 2. The third-order valence-electron chi connectivity index (χ3n) is 3.80. The molecule has 0 unspecified atom stereocenters. The Balaban J connectivity index is 2.14. The van der Waals surface area contributed by atoms with Crippen LogP contribution in [0.3, 0.4) is 0 Å². The van der Waals surface area contributed by atoms with Gasteiger partial charge in [0.15, 0.2) is 17.2 Å². The number of hydrogen-bond donors (Lipinski definition) is 3. The Morgan fingerprint density at radius 2 is 1.35 bits per heavy atom. The molecule has 3 rings (SSSR count). The number of fused-ring (bicyclic) bond motifs is 1. The van der Waals surface area contributed by atoms with Crippen molar-refractivity contribution in [3.63, 3.8) is 0 Å². The quantitative estimate of drug-likeness (QED) is 0.502. The summed E-state index contributed by atoms with van der Waals surface area (Å²) in [4.78, 5) is 24.7. The Morgan fingerprint density at radius 3 is 1.85 bits per heavy atom. The lowest BCUT2D eigenvalue weighted by Crippen LogP contribution is -2.60. The van der Waals surface area contributed by atoms with Gasteiger partial charge in [0.25, 0.3) is 0 Å². The minimum Gasteiger partial charge on any atom is -0.378 e. The standard InChI is InChI=1S/C15H12O5/c16-12-9-5-1-2-6-10(9)13(17)11(12)14(18)7-3-4-8-15(14,19)20/h1-8,11,18-20H/t14-/m1/s1. The minimum absolute atomic E-state index is 0.190. The van der Waals surface area contributed by atoms with Crippen LogP contribution in [-0.4, -0.2) is 38.3 Å². The number of hydrogen-bond acceptors (Lipinski definition) is 5. The number of Topliss-reactive ketones (excluding diaryl/α,β-unsaturated/α-hetero) is 2. The average Bonchev–Trinajstić information content (AvgIpc) is 2.67. The van der Waals surface area contributed by atoms with E-state index in [2.05, 4.69) is 0 Å². The predicted octanol–water partition coefficient (Wildman–Crippen LogP) is 0.220. The van der Waals surface area contributed by atoms with Gasteiger partial charge in [0.05, 0.1) is 0 Å². The van der Waals surface area contributed by atoms with E-state index in [-0.39, 0.29) is 11.1 Å². The van der Waals surface area contributed by atoms with Crippen LogP contribution in [0.5, 0.6) is 0 Å². The van der Waals surface area contributed by atoms with Gasteiger partial charge in [0, 0.05) is 11.1 Å². The molecule has 1 aromatic carbocycles. The molecule has 5 heteroatoms. The maximum atomic E-state index is 12.3. The first kappa shape index (κ1) is 12.9. The summed E-state index contributed by atoms with van der Waals surface area (Å²) in [6.07, 6.45) is 4.70. The molecular formula is C15H12O5. The van der Waals surface area contributed by atoms with Gasteiger partial charge in [0.2, 0.25) is 5.79 Å². The highest BCUT2D eigenvalue weighted by Crippen LogP contribution is 2.41. The van der Waals surface area contributed by atoms with Crippen molar-refractivity contribution in [2.24, 2.45) is 5.92 Å². The van der Waals surface area contributed by atoms with Crippen molar-refractivity contribution in [3.8, 4) is 0 Å². The SMILES string of the molecule is O=C1c2ccccc2C(=O)C1[C@]1(O)C=CC=CC1(O)O. The molecule has 0 amide bonds. The van der Waals surface area contributed by atoms with E-state index in [1.807, 2.05) is 0 Å². The van der Waals surface area contributed by atoms with E-state index in [0.29, 0.717) is 0 Å². The van der Waals surface area contributed by atoms with Crippen LogP contribution in [0, 0.1) is 5.92 Å². The van der Waals surface area contributed by atoms with Crippen LogP contribution in [0.4, 0.5) is 0 Å². The van der Waals surface area contributed by atoms with Gasteiger partial charge in [-0.05, 0) is 12.2 Å². The van der Waals surface area contributed by atoms with E-state index in [9.17, 15) is 24.9 Å². The first-order chi connectivity index (χ1) is 9.38. The Labute approximate surface area is 114 Å². The van der Waals surface area contributed by atoms with Crippen LogP contribution >= 0.6 is 0 Å². The van der Waals surface area contributed by atoms with Gasteiger partial charge in [-0.15, -0.1) is 0 Å². The fourth-order valence-electron chi connectivity index (χ4n) is 2.70. The second-order valence-corrected chi connectivity index (χ2v) is 4.98. The number of rotatable bonds is 1. The highest BCUT2D eigenvalue weighted by Gasteiger charge is 2.59. The van der Waals surface area contributed by atoms with Crippen molar-refractivity contribution in [3.05, 3.63) is 59.7 Å². The van der Waals surface area contributed by atoms with Crippen molar-refractivity contribution < 1.29 is 24.9 Å². The van der Waals surface area contributed by atoms with Gasteiger partial charge >= 0.3 is 0 Å². The van der Waals surface area contributed by atoms with Gasteiger partial charge in [-0.1, -0.05) is 36.4 Å². The minimum atomic E-state index is -2.68. The van der Waals surface area contributed by atoms with E-state index in [1.165, 1.54) is 24.3 Å². The van der Waals surface area contributed by atoms with E-state index in [1.54, 1.807) is 12.1 Å². The summed E-state index contributed by atoms with van der Waals surface area (Å²) in [5, 5.41) is 30.4. The molecule has 0 radical (unpaired) electrons. The molecule has 0 fully saturated rings. The normalized spacial score (nSPS) is 27.9. The second-order valence-electron chi connectivity index (χ2n) is 4.98. The molecule has 0 spiro atoms. The monoisotopic (exact) mass is 272 g/mol. The molecular weight excluding hydrogens is 260 g/mol. The molecule has 1 atom stereocenters. The average molecular weight is 272 g/mol. The molecule has 0 heterocycles. The fraction of sp³-hybridized carbons (Fsp3) is 0.200. The maximum absolute atomic E-state index is 12.3. The van der Waals surface area contributed by atoms with Gasteiger partial charge in [-0.2, -0.15) is 0 Å². The highest BCUT2D eigenvalue weighted by atomic mass is 16.5. The number of benzene rings is 1. The van der Waals surface area contributed by atoms with Crippen LogP contribution in [0.2, 0.25) is 0 Å². The van der Waals surface area contributed by atoms with Crippen molar-refractivity contribution in [1.29, 1.82) is 0 Å². The zero-order valence-corrected chi connectivity index (χ0v) is 10.4. The summed E-state index contributed by atoms with van der Waals surface area (Å²) in [7, 11) is 0. The molecule has 0 saturated heterocycles. The summed E-state index contributed by atoms with van der Waals surface area (Å²) in [6, 6.07) is 6.19. The number of carbonyl (C=O) groups excluding carboxylic acids is 2. The Morgan fingerprint density at radius 1 is 0.850 bits per heavy atom. The van der Waals surface area contributed by atoms with E-state index < -0.39 is 28.9 Å². The molecule has 102 valence electrons. The summed E-state index contributed by atoms with van der Waals surface area (Å²) in [5.41, 5.74) is -2.00. The van der Waals surface area contributed by atoms with E-state index in [4.69, 9.17) is 0 Å². The Bertz CT molecular complexity index is 636. The third kappa shape index (κ3) is 1.48. The molecule has 1 aromatic rings. The lowest BCUT2D eigenvalue weighted by Gasteiger charge is -2.39. The van der Waals surface area contributed by atoms with Gasteiger partial charge in [0.1, 0.15) is 5.92 Å².